The Morgan fingerprint density at radius 2 is 1.48 bits per heavy atom. The molecule has 0 fully saturated rings. The minimum absolute atomic E-state index is 0.0841. The van der Waals surface area contributed by atoms with Crippen LogP contribution in [-0.2, 0) is 16.6 Å². The second-order valence-corrected chi connectivity index (χ2v) is 8.10. The molecule has 5 nitrogen and oxygen atoms in total. The molecule has 0 aliphatic carbocycles. The lowest BCUT2D eigenvalue weighted by Crippen LogP contribution is -2.30. The number of benzene rings is 3. The zero-order chi connectivity index (χ0) is 19.4. The molecule has 0 atom stereocenters. The fourth-order valence-electron chi connectivity index (χ4n) is 2.56. The largest absolute Gasteiger partial charge is 0.478 e. The summed E-state index contributed by atoms with van der Waals surface area (Å²) in [5.41, 5.74) is 1.21. The van der Waals surface area contributed by atoms with Crippen LogP contribution < -0.4 is 4.31 Å². The van der Waals surface area contributed by atoms with Gasteiger partial charge in [-0.2, -0.15) is 0 Å². The highest BCUT2D eigenvalue weighted by Crippen LogP contribution is 2.26. The number of hydrogen-bond acceptors (Lipinski definition) is 3. The molecule has 138 valence electrons. The van der Waals surface area contributed by atoms with E-state index in [0.717, 1.165) is 5.56 Å². The van der Waals surface area contributed by atoms with E-state index in [1.54, 1.807) is 42.5 Å². The summed E-state index contributed by atoms with van der Waals surface area (Å²) in [6, 6.07) is 20.7. The Labute approximate surface area is 162 Å². The van der Waals surface area contributed by atoms with E-state index in [0.29, 0.717) is 10.7 Å². The zero-order valence-electron chi connectivity index (χ0n) is 14.1. The summed E-state index contributed by atoms with van der Waals surface area (Å²) in [4.78, 5) is 11.2. The average molecular weight is 402 g/mol. The number of halogens is 1. The first-order valence-electron chi connectivity index (χ1n) is 8.03. The van der Waals surface area contributed by atoms with Crippen LogP contribution in [0, 0.1) is 0 Å². The number of nitrogens with zero attached hydrogens (tertiary/aromatic N) is 1. The van der Waals surface area contributed by atoms with Gasteiger partial charge in [0, 0.05) is 5.02 Å². The molecule has 0 bridgehead atoms. The number of carboxylic acid groups (broad SMARTS) is 1. The van der Waals surface area contributed by atoms with E-state index in [1.165, 1.54) is 40.7 Å². The summed E-state index contributed by atoms with van der Waals surface area (Å²) in [6.07, 6.45) is 0. The summed E-state index contributed by atoms with van der Waals surface area (Å²) in [5.74, 6) is -1.07. The Hall–Kier alpha value is -2.83. The van der Waals surface area contributed by atoms with E-state index >= 15 is 0 Å². The van der Waals surface area contributed by atoms with Crippen molar-refractivity contribution in [2.24, 2.45) is 0 Å². The van der Waals surface area contributed by atoms with Crippen molar-refractivity contribution in [2.45, 2.75) is 11.4 Å². The summed E-state index contributed by atoms with van der Waals surface area (Å²) in [7, 11) is -3.84. The molecule has 0 aliphatic rings. The van der Waals surface area contributed by atoms with Crippen molar-refractivity contribution in [3.8, 4) is 0 Å². The van der Waals surface area contributed by atoms with E-state index in [2.05, 4.69) is 0 Å². The predicted molar refractivity (Wildman–Crippen MR) is 105 cm³/mol. The van der Waals surface area contributed by atoms with Crippen molar-refractivity contribution < 1.29 is 18.3 Å². The molecule has 7 heteroatoms. The monoisotopic (exact) mass is 401 g/mol. The van der Waals surface area contributed by atoms with Crippen LogP contribution >= 0.6 is 11.6 Å². The molecule has 0 aromatic heterocycles. The van der Waals surface area contributed by atoms with Gasteiger partial charge in [0.2, 0.25) is 0 Å². The lowest BCUT2D eigenvalue weighted by Gasteiger charge is -2.25. The van der Waals surface area contributed by atoms with Crippen molar-refractivity contribution in [2.75, 3.05) is 4.31 Å². The molecule has 27 heavy (non-hydrogen) atoms. The van der Waals surface area contributed by atoms with Crippen LogP contribution in [0.1, 0.15) is 15.9 Å². The molecule has 0 aliphatic heterocycles. The summed E-state index contributed by atoms with van der Waals surface area (Å²) in [5, 5.41) is 9.63. The number of aromatic carboxylic acids is 1. The number of rotatable bonds is 6. The van der Waals surface area contributed by atoms with Crippen LogP contribution in [0.2, 0.25) is 5.02 Å². The third-order valence-electron chi connectivity index (χ3n) is 3.97. The van der Waals surface area contributed by atoms with Crippen LogP contribution in [-0.4, -0.2) is 19.5 Å². The minimum Gasteiger partial charge on any atom is -0.478 e. The molecule has 0 heterocycles. The Morgan fingerprint density at radius 1 is 0.889 bits per heavy atom. The van der Waals surface area contributed by atoms with Crippen LogP contribution in [0.5, 0.6) is 0 Å². The first kappa shape index (κ1) is 18.9. The van der Waals surface area contributed by atoms with Crippen molar-refractivity contribution in [1.82, 2.24) is 0 Å². The normalized spacial score (nSPS) is 11.1. The Bertz CT molecular complexity index is 1030. The van der Waals surface area contributed by atoms with Gasteiger partial charge in [0.1, 0.15) is 0 Å². The van der Waals surface area contributed by atoms with Gasteiger partial charge in [-0.05, 0) is 54.1 Å². The lowest BCUT2D eigenvalue weighted by molar-refractivity contribution is 0.0697. The molecule has 1 N–H and O–H groups in total. The van der Waals surface area contributed by atoms with Gasteiger partial charge in [-0.3, -0.25) is 4.31 Å². The molecular weight excluding hydrogens is 386 g/mol. The van der Waals surface area contributed by atoms with Gasteiger partial charge in [0.05, 0.1) is 22.7 Å². The van der Waals surface area contributed by atoms with Crippen LogP contribution in [0.25, 0.3) is 0 Å². The first-order valence-corrected chi connectivity index (χ1v) is 9.85. The molecule has 0 saturated heterocycles. The minimum atomic E-state index is -3.84. The van der Waals surface area contributed by atoms with E-state index in [-0.39, 0.29) is 17.0 Å². The second-order valence-electron chi connectivity index (χ2n) is 5.80. The fraction of sp³-hybridized carbons (Fsp3) is 0.0500. The number of anilines is 1. The molecule has 0 radical (unpaired) electrons. The third kappa shape index (κ3) is 4.30. The Kier molecular flexibility index (Phi) is 5.48. The smallest absolute Gasteiger partial charge is 0.335 e. The van der Waals surface area contributed by atoms with Crippen molar-refractivity contribution in [3.05, 3.63) is 95.0 Å². The van der Waals surface area contributed by atoms with Gasteiger partial charge in [-0.25, -0.2) is 13.2 Å². The highest BCUT2D eigenvalue weighted by atomic mass is 35.5. The molecule has 3 aromatic carbocycles. The predicted octanol–water partition coefficient (Wildman–Crippen LogP) is 4.43. The maximum atomic E-state index is 13.2. The van der Waals surface area contributed by atoms with Crippen LogP contribution in [0.3, 0.4) is 0 Å². The van der Waals surface area contributed by atoms with Crippen molar-refractivity contribution in [1.29, 1.82) is 0 Å². The number of carboxylic acids is 1. The van der Waals surface area contributed by atoms with Gasteiger partial charge in [0.15, 0.2) is 0 Å². The molecular formula is C20H16ClNO4S. The molecule has 0 amide bonds. The quantitative estimate of drug-likeness (QED) is 0.662. The molecule has 0 saturated carbocycles. The fourth-order valence-corrected chi connectivity index (χ4v) is 4.16. The number of hydrogen-bond donors (Lipinski definition) is 1. The average Bonchev–Trinajstić information content (AvgIpc) is 2.68. The highest BCUT2D eigenvalue weighted by molar-refractivity contribution is 7.92. The SMILES string of the molecule is O=C(O)c1ccc(N(Cc2ccc(Cl)cc2)S(=O)(=O)c2ccccc2)cc1. The summed E-state index contributed by atoms with van der Waals surface area (Å²) < 4.78 is 27.7. The maximum absolute atomic E-state index is 13.2. The lowest BCUT2D eigenvalue weighted by atomic mass is 10.2. The molecule has 3 rings (SSSR count). The van der Waals surface area contributed by atoms with Crippen LogP contribution in [0.15, 0.2) is 83.8 Å². The number of sulfonamides is 1. The Morgan fingerprint density at radius 3 is 2.04 bits per heavy atom. The van der Waals surface area contributed by atoms with E-state index in [1.807, 2.05) is 0 Å². The van der Waals surface area contributed by atoms with Gasteiger partial charge in [0.25, 0.3) is 10.0 Å². The van der Waals surface area contributed by atoms with Crippen molar-refractivity contribution in [3.63, 3.8) is 0 Å². The first-order chi connectivity index (χ1) is 12.9. The number of carbonyl (C=O) groups is 1. The Balaban J connectivity index is 2.05. The van der Waals surface area contributed by atoms with Gasteiger partial charge >= 0.3 is 5.97 Å². The van der Waals surface area contributed by atoms with Gasteiger partial charge in [-0.1, -0.05) is 41.9 Å². The molecule has 3 aromatic rings. The zero-order valence-corrected chi connectivity index (χ0v) is 15.7. The summed E-state index contributed by atoms with van der Waals surface area (Å²) >= 11 is 5.91. The van der Waals surface area contributed by atoms with E-state index in [4.69, 9.17) is 16.7 Å². The second kappa shape index (κ2) is 7.82. The standard InChI is InChI=1S/C20H16ClNO4S/c21-17-10-6-15(7-11-17)14-22(18-12-8-16(9-13-18)20(23)24)27(25,26)19-4-2-1-3-5-19/h1-13H,14H2,(H,23,24). The van der Waals surface area contributed by atoms with Gasteiger partial charge in [-0.15, -0.1) is 0 Å². The molecule has 0 unspecified atom stereocenters. The van der Waals surface area contributed by atoms with Crippen LogP contribution in [0.4, 0.5) is 5.69 Å². The van der Waals surface area contributed by atoms with Gasteiger partial charge < -0.3 is 5.11 Å². The highest BCUT2D eigenvalue weighted by Gasteiger charge is 2.25. The maximum Gasteiger partial charge on any atom is 0.335 e. The van der Waals surface area contributed by atoms with Crippen molar-refractivity contribution >= 4 is 33.3 Å². The summed E-state index contributed by atoms with van der Waals surface area (Å²) in [6.45, 7) is 0.0841. The third-order valence-corrected chi connectivity index (χ3v) is 6.01. The van der Waals surface area contributed by atoms with E-state index < -0.39 is 16.0 Å². The topological polar surface area (TPSA) is 74.7 Å². The van der Waals surface area contributed by atoms with E-state index in [9.17, 15) is 13.2 Å². The molecule has 0 spiro atoms.